The summed E-state index contributed by atoms with van der Waals surface area (Å²) in [6.07, 6.45) is 3.70. The molecule has 2 N–H and O–H groups in total. The summed E-state index contributed by atoms with van der Waals surface area (Å²) < 4.78 is 26.5. The van der Waals surface area contributed by atoms with Crippen molar-refractivity contribution in [1.29, 1.82) is 0 Å². The fourth-order valence-corrected chi connectivity index (χ4v) is 3.40. The van der Waals surface area contributed by atoms with E-state index in [4.69, 9.17) is 0 Å². The summed E-state index contributed by atoms with van der Waals surface area (Å²) in [7, 11) is -3.56. The number of H-pyrrole nitrogens is 1. The van der Waals surface area contributed by atoms with Crippen molar-refractivity contribution in [2.75, 3.05) is 0 Å². The molecule has 2 aromatic rings. The predicted octanol–water partition coefficient (Wildman–Crippen LogP) is 1.30. The number of thiazole rings is 1. The lowest BCUT2D eigenvalue weighted by atomic mass is 10.3. The van der Waals surface area contributed by atoms with Crippen molar-refractivity contribution in [1.82, 2.24) is 19.9 Å². The molecule has 6 nitrogen and oxygen atoms in total. The molecule has 0 aromatic carbocycles. The predicted molar refractivity (Wildman–Crippen MR) is 64.1 cm³/mol. The molecule has 0 fully saturated rings. The zero-order valence-electron chi connectivity index (χ0n) is 9.12. The van der Waals surface area contributed by atoms with E-state index in [0.717, 1.165) is 5.01 Å². The van der Waals surface area contributed by atoms with Crippen LogP contribution in [0, 0.1) is 0 Å². The average molecular weight is 272 g/mol. The second-order valence-corrected chi connectivity index (χ2v) is 5.98. The highest BCUT2D eigenvalue weighted by Gasteiger charge is 2.22. The number of hydrogen-bond donors (Lipinski definition) is 2. The molecule has 1 unspecified atom stereocenters. The van der Waals surface area contributed by atoms with Gasteiger partial charge in [-0.3, -0.25) is 5.10 Å². The third-order valence-corrected chi connectivity index (χ3v) is 4.51. The minimum atomic E-state index is -3.56. The monoisotopic (exact) mass is 272 g/mol. The smallest absolute Gasteiger partial charge is 0.258 e. The summed E-state index contributed by atoms with van der Waals surface area (Å²) in [4.78, 5) is 4.12. The lowest BCUT2D eigenvalue weighted by Gasteiger charge is -2.13. The molecule has 0 saturated heterocycles. The van der Waals surface area contributed by atoms with E-state index < -0.39 is 10.0 Å². The van der Waals surface area contributed by atoms with Crippen LogP contribution in [-0.4, -0.2) is 23.6 Å². The second-order valence-electron chi connectivity index (χ2n) is 3.37. The van der Waals surface area contributed by atoms with Crippen molar-refractivity contribution in [3.63, 3.8) is 0 Å². The van der Waals surface area contributed by atoms with E-state index in [1.807, 2.05) is 12.3 Å². The quantitative estimate of drug-likeness (QED) is 0.858. The number of aromatic amines is 1. The van der Waals surface area contributed by atoms with E-state index in [9.17, 15) is 8.42 Å². The van der Waals surface area contributed by atoms with Gasteiger partial charge >= 0.3 is 0 Å². The van der Waals surface area contributed by atoms with Crippen molar-refractivity contribution >= 4 is 21.4 Å². The number of nitrogens with one attached hydrogen (secondary N) is 2. The SMILES string of the molecule is CCC(NS(=O)(=O)c1ccn[nH]1)c1nccs1. The first-order valence-electron chi connectivity index (χ1n) is 5.04. The first kappa shape index (κ1) is 12.2. The molecular weight excluding hydrogens is 260 g/mol. The van der Waals surface area contributed by atoms with E-state index in [2.05, 4.69) is 19.9 Å². The van der Waals surface area contributed by atoms with Crippen molar-refractivity contribution in [2.24, 2.45) is 0 Å². The maximum Gasteiger partial charge on any atom is 0.258 e. The molecule has 0 aliphatic rings. The molecule has 8 heteroatoms. The van der Waals surface area contributed by atoms with E-state index in [-0.39, 0.29) is 11.1 Å². The molecule has 2 heterocycles. The Labute approximate surface area is 103 Å². The Morgan fingerprint density at radius 2 is 2.35 bits per heavy atom. The van der Waals surface area contributed by atoms with Crippen LogP contribution in [0.1, 0.15) is 24.4 Å². The summed E-state index contributed by atoms with van der Waals surface area (Å²) >= 11 is 1.43. The van der Waals surface area contributed by atoms with Gasteiger partial charge in [-0.15, -0.1) is 11.3 Å². The molecule has 92 valence electrons. The third kappa shape index (κ3) is 2.71. The third-order valence-electron chi connectivity index (χ3n) is 2.22. The van der Waals surface area contributed by atoms with Gasteiger partial charge in [0.05, 0.1) is 12.2 Å². The fraction of sp³-hybridized carbons (Fsp3) is 0.333. The van der Waals surface area contributed by atoms with Crippen LogP contribution >= 0.6 is 11.3 Å². The molecular formula is C9H12N4O2S2. The van der Waals surface area contributed by atoms with Gasteiger partial charge in [-0.2, -0.15) is 9.82 Å². The highest BCUT2D eigenvalue weighted by Crippen LogP contribution is 2.21. The van der Waals surface area contributed by atoms with Gasteiger partial charge in [0.2, 0.25) is 0 Å². The van der Waals surface area contributed by atoms with Crippen LogP contribution in [0.25, 0.3) is 0 Å². The highest BCUT2D eigenvalue weighted by atomic mass is 32.2. The fourth-order valence-electron chi connectivity index (χ4n) is 1.36. The number of rotatable bonds is 5. The van der Waals surface area contributed by atoms with Gasteiger partial charge in [-0.25, -0.2) is 13.4 Å². The van der Waals surface area contributed by atoms with Gasteiger partial charge in [-0.05, 0) is 12.5 Å². The molecule has 0 aliphatic heterocycles. The molecule has 0 radical (unpaired) electrons. The maximum atomic E-state index is 12.0. The van der Waals surface area contributed by atoms with Crippen LogP contribution in [0.3, 0.4) is 0 Å². The Hall–Kier alpha value is -1.25. The average Bonchev–Trinajstić information content (AvgIpc) is 2.97. The molecule has 2 rings (SSSR count). The number of nitrogens with zero attached hydrogens (tertiary/aromatic N) is 2. The van der Waals surface area contributed by atoms with Crippen molar-refractivity contribution < 1.29 is 8.42 Å². The summed E-state index contributed by atoms with van der Waals surface area (Å²) in [5.74, 6) is 0. The Kier molecular flexibility index (Phi) is 3.55. The standard InChI is InChI=1S/C9H12N4O2S2/c1-2-7(9-10-5-6-16-9)13-17(14,15)8-3-4-11-12-8/h3-7,13H,2H2,1H3,(H,11,12). The van der Waals surface area contributed by atoms with E-state index >= 15 is 0 Å². The second kappa shape index (κ2) is 4.94. The van der Waals surface area contributed by atoms with Crippen molar-refractivity contribution in [2.45, 2.75) is 24.4 Å². The molecule has 0 bridgehead atoms. The number of aromatic nitrogens is 3. The number of sulfonamides is 1. The molecule has 2 aromatic heterocycles. The first-order chi connectivity index (χ1) is 8.13. The summed E-state index contributed by atoms with van der Waals surface area (Å²) in [6.45, 7) is 1.90. The van der Waals surface area contributed by atoms with Gasteiger partial charge in [-0.1, -0.05) is 6.92 Å². The number of hydrogen-bond acceptors (Lipinski definition) is 5. The van der Waals surface area contributed by atoms with E-state index in [1.54, 1.807) is 6.20 Å². The first-order valence-corrected chi connectivity index (χ1v) is 7.41. The molecule has 17 heavy (non-hydrogen) atoms. The summed E-state index contributed by atoms with van der Waals surface area (Å²) in [5.41, 5.74) is 0. The molecule has 0 aliphatic carbocycles. The van der Waals surface area contributed by atoms with Gasteiger partial charge in [0.25, 0.3) is 10.0 Å². The van der Waals surface area contributed by atoms with Gasteiger partial charge in [0.1, 0.15) is 5.01 Å². The largest absolute Gasteiger partial charge is 0.266 e. The van der Waals surface area contributed by atoms with Gasteiger partial charge in [0.15, 0.2) is 5.03 Å². The van der Waals surface area contributed by atoms with Crippen LogP contribution in [0.5, 0.6) is 0 Å². The Morgan fingerprint density at radius 3 is 2.88 bits per heavy atom. The van der Waals surface area contributed by atoms with Gasteiger partial charge in [0, 0.05) is 11.6 Å². The zero-order chi connectivity index (χ0) is 12.3. The lowest BCUT2D eigenvalue weighted by Crippen LogP contribution is -2.28. The van der Waals surface area contributed by atoms with Crippen molar-refractivity contribution in [3.05, 3.63) is 28.8 Å². The maximum absolute atomic E-state index is 12.0. The summed E-state index contributed by atoms with van der Waals surface area (Å²) in [5, 5.41) is 8.71. The summed E-state index contributed by atoms with van der Waals surface area (Å²) in [6, 6.07) is 1.11. The highest BCUT2D eigenvalue weighted by molar-refractivity contribution is 7.89. The van der Waals surface area contributed by atoms with Gasteiger partial charge < -0.3 is 0 Å². The molecule has 1 atom stereocenters. The normalized spacial score (nSPS) is 13.7. The van der Waals surface area contributed by atoms with Crippen LogP contribution in [-0.2, 0) is 10.0 Å². The Morgan fingerprint density at radius 1 is 1.53 bits per heavy atom. The van der Waals surface area contributed by atoms with E-state index in [0.29, 0.717) is 6.42 Å². The molecule has 0 amide bonds. The van der Waals surface area contributed by atoms with Crippen molar-refractivity contribution in [3.8, 4) is 0 Å². The van der Waals surface area contributed by atoms with Crippen LogP contribution in [0.4, 0.5) is 0 Å². The van der Waals surface area contributed by atoms with Crippen LogP contribution < -0.4 is 4.72 Å². The van der Waals surface area contributed by atoms with Crippen LogP contribution in [0.15, 0.2) is 28.9 Å². The topological polar surface area (TPSA) is 87.7 Å². The van der Waals surface area contributed by atoms with Crippen LogP contribution in [0.2, 0.25) is 0 Å². The lowest BCUT2D eigenvalue weighted by molar-refractivity contribution is 0.545. The minimum absolute atomic E-state index is 0.0625. The zero-order valence-corrected chi connectivity index (χ0v) is 10.8. The Bertz CT molecular complexity index is 548. The molecule has 0 saturated carbocycles. The van der Waals surface area contributed by atoms with E-state index in [1.165, 1.54) is 23.6 Å². The Balaban J connectivity index is 2.20. The molecule has 0 spiro atoms. The minimum Gasteiger partial charge on any atom is -0.266 e.